The Bertz CT molecular complexity index is 786. The highest BCUT2D eigenvalue weighted by Gasteiger charge is 2.34. The van der Waals surface area contributed by atoms with E-state index in [0.717, 1.165) is 23.4 Å². The molecule has 3 rings (SSSR count). The van der Waals surface area contributed by atoms with Gasteiger partial charge in [-0.1, -0.05) is 24.3 Å². The van der Waals surface area contributed by atoms with Crippen LogP contribution in [0.3, 0.4) is 0 Å². The van der Waals surface area contributed by atoms with Crippen molar-refractivity contribution in [2.75, 3.05) is 29.2 Å². The Hall–Kier alpha value is -2.82. The zero-order valence-electron chi connectivity index (χ0n) is 14.1. The lowest BCUT2D eigenvalue weighted by Crippen LogP contribution is -2.43. The third-order valence-electron chi connectivity index (χ3n) is 4.24. The van der Waals surface area contributed by atoms with Gasteiger partial charge in [-0.2, -0.15) is 0 Å². The van der Waals surface area contributed by atoms with Crippen LogP contribution >= 0.6 is 0 Å². The summed E-state index contributed by atoms with van der Waals surface area (Å²) in [6, 6.07) is 15.1. The molecule has 1 heterocycles. The Morgan fingerprint density at radius 1 is 1.12 bits per heavy atom. The van der Waals surface area contributed by atoms with Gasteiger partial charge in [0.05, 0.1) is 0 Å². The molecule has 0 fully saturated rings. The van der Waals surface area contributed by atoms with Crippen molar-refractivity contribution in [1.29, 1.82) is 0 Å². The van der Waals surface area contributed by atoms with Crippen LogP contribution in [-0.2, 0) is 16.0 Å². The molecule has 0 bridgehead atoms. The molecular weight excluding hydrogens is 302 g/mol. The maximum Gasteiger partial charge on any atom is 0.316 e. The number of carbonyl (C=O) groups is 2. The topological polar surface area (TPSA) is 52.7 Å². The normalized spacial score (nSPS) is 15.8. The summed E-state index contributed by atoms with van der Waals surface area (Å²) in [6.07, 6.45) is 0.769. The van der Waals surface area contributed by atoms with E-state index in [1.165, 1.54) is 0 Å². The summed E-state index contributed by atoms with van der Waals surface area (Å²) >= 11 is 0. The summed E-state index contributed by atoms with van der Waals surface area (Å²) in [5.74, 6) is -1.14. The van der Waals surface area contributed by atoms with Crippen molar-refractivity contribution in [2.45, 2.75) is 19.4 Å². The van der Waals surface area contributed by atoms with E-state index in [-0.39, 0.29) is 6.04 Å². The summed E-state index contributed by atoms with van der Waals surface area (Å²) in [5.41, 5.74) is 3.49. The highest BCUT2D eigenvalue weighted by molar-refractivity contribution is 6.44. The Morgan fingerprint density at radius 3 is 2.62 bits per heavy atom. The van der Waals surface area contributed by atoms with Crippen LogP contribution in [0.25, 0.3) is 0 Å². The zero-order chi connectivity index (χ0) is 17.3. The molecule has 1 atom stereocenters. The van der Waals surface area contributed by atoms with E-state index in [4.69, 9.17) is 0 Å². The number of benzene rings is 2. The molecule has 1 aliphatic heterocycles. The Balaban J connectivity index is 1.78. The maximum atomic E-state index is 12.6. The molecular formula is C19H21N3O2. The van der Waals surface area contributed by atoms with Gasteiger partial charge in [0.25, 0.3) is 0 Å². The fourth-order valence-corrected chi connectivity index (χ4v) is 3.03. The standard InChI is InChI=1S/C19H21N3O2/c1-13-11-14-7-4-5-10-17(14)22(13)19(24)18(23)20-15-8-6-9-16(12-15)21(2)3/h4-10,12-13H,11H2,1-3H3,(H,20,23). The number of rotatable bonds is 2. The van der Waals surface area contributed by atoms with Gasteiger partial charge >= 0.3 is 11.8 Å². The van der Waals surface area contributed by atoms with Crippen molar-refractivity contribution < 1.29 is 9.59 Å². The van der Waals surface area contributed by atoms with Gasteiger partial charge in [0, 0.05) is 37.2 Å². The van der Waals surface area contributed by atoms with Crippen molar-refractivity contribution in [3.05, 3.63) is 54.1 Å². The van der Waals surface area contributed by atoms with E-state index in [0.29, 0.717) is 5.69 Å². The van der Waals surface area contributed by atoms with Gasteiger partial charge in [-0.15, -0.1) is 0 Å². The monoisotopic (exact) mass is 323 g/mol. The van der Waals surface area contributed by atoms with E-state index in [1.54, 1.807) is 11.0 Å². The van der Waals surface area contributed by atoms with Crippen LogP contribution in [0.15, 0.2) is 48.5 Å². The number of para-hydroxylation sites is 1. The predicted octanol–water partition coefficient (Wildman–Crippen LogP) is 2.67. The highest BCUT2D eigenvalue weighted by Crippen LogP contribution is 2.32. The summed E-state index contributed by atoms with van der Waals surface area (Å²) < 4.78 is 0. The first-order chi connectivity index (χ1) is 11.5. The van der Waals surface area contributed by atoms with Crippen molar-refractivity contribution in [3.63, 3.8) is 0 Å². The minimum Gasteiger partial charge on any atom is -0.378 e. The lowest BCUT2D eigenvalue weighted by atomic mass is 10.1. The van der Waals surface area contributed by atoms with Crippen LogP contribution in [0.1, 0.15) is 12.5 Å². The van der Waals surface area contributed by atoms with Gasteiger partial charge in [0.1, 0.15) is 0 Å². The van der Waals surface area contributed by atoms with E-state index >= 15 is 0 Å². The smallest absolute Gasteiger partial charge is 0.316 e. The molecule has 2 aromatic rings. The highest BCUT2D eigenvalue weighted by atomic mass is 16.2. The maximum absolute atomic E-state index is 12.6. The van der Waals surface area contributed by atoms with Crippen LogP contribution in [0, 0.1) is 0 Å². The number of nitrogens with one attached hydrogen (secondary N) is 1. The van der Waals surface area contributed by atoms with Crippen molar-refractivity contribution >= 4 is 28.9 Å². The van der Waals surface area contributed by atoms with Crippen LogP contribution in [0.2, 0.25) is 0 Å². The largest absolute Gasteiger partial charge is 0.378 e. The quantitative estimate of drug-likeness (QED) is 0.865. The average Bonchev–Trinajstić information content (AvgIpc) is 2.90. The van der Waals surface area contributed by atoms with Crippen LogP contribution < -0.4 is 15.1 Å². The van der Waals surface area contributed by atoms with Gasteiger partial charge < -0.3 is 15.1 Å². The average molecular weight is 323 g/mol. The second-order valence-corrected chi connectivity index (χ2v) is 6.26. The molecule has 2 aromatic carbocycles. The third-order valence-corrected chi connectivity index (χ3v) is 4.24. The molecule has 0 saturated carbocycles. The number of hydrogen-bond donors (Lipinski definition) is 1. The Labute approximate surface area is 141 Å². The number of carbonyl (C=O) groups excluding carboxylic acids is 2. The summed E-state index contributed by atoms with van der Waals surface area (Å²) in [4.78, 5) is 28.6. The number of anilines is 3. The van der Waals surface area contributed by atoms with Crippen molar-refractivity contribution in [3.8, 4) is 0 Å². The first-order valence-corrected chi connectivity index (χ1v) is 7.97. The lowest BCUT2D eigenvalue weighted by molar-refractivity contribution is -0.134. The third kappa shape index (κ3) is 2.97. The second kappa shape index (κ2) is 6.35. The predicted molar refractivity (Wildman–Crippen MR) is 96.5 cm³/mol. The van der Waals surface area contributed by atoms with E-state index < -0.39 is 11.8 Å². The molecule has 2 amide bonds. The van der Waals surface area contributed by atoms with Crippen molar-refractivity contribution in [1.82, 2.24) is 0 Å². The van der Waals surface area contributed by atoms with Gasteiger partial charge in [0.15, 0.2) is 0 Å². The summed E-state index contributed by atoms with van der Waals surface area (Å²) in [6.45, 7) is 1.96. The number of amides is 2. The van der Waals surface area contributed by atoms with E-state index in [9.17, 15) is 9.59 Å². The zero-order valence-corrected chi connectivity index (χ0v) is 14.1. The van der Waals surface area contributed by atoms with Gasteiger partial charge in [-0.05, 0) is 43.2 Å². The number of nitrogens with zero attached hydrogens (tertiary/aromatic N) is 2. The van der Waals surface area contributed by atoms with E-state index in [1.807, 2.05) is 68.4 Å². The molecule has 5 heteroatoms. The van der Waals surface area contributed by atoms with Gasteiger partial charge in [0.2, 0.25) is 0 Å². The van der Waals surface area contributed by atoms with Gasteiger partial charge in [-0.25, -0.2) is 0 Å². The Kier molecular flexibility index (Phi) is 4.25. The van der Waals surface area contributed by atoms with Crippen LogP contribution in [0.5, 0.6) is 0 Å². The SMILES string of the molecule is CC1Cc2ccccc2N1C(=O)C(=O)Nc1cccc(N(C)C)c1. The number of fused-ring (bicyclic) bond motifs is 1. The minimum absolute atomic E-state index is 0.0197. The van der Waals surface area contributed by atoms with Gasteiger partial charge in [-0.3, -0.25) is 9.59 Å². The fraction of sp³-hybridized carbons (Fsp3) is 0.263. The minimum atomic E-state index is -0.616. The molecule has 5 nitrogen and oxygen atoms in total. The molecule has 24 heavy (non-hydrogen) atoms. The second-order valence-electron chi connectivity index (χ2n) is 6.26. The van der Waals surface area contributed by atoms with E-state index in [2.05, 4.69) is 5.32 Å². The molecule has 0 aromatic heterocycles. The lowest BCUT2D eigenvalue weighted by Gasteiger charge is -2.22. The molecule has 1 unspecified atom stereocenters. The molecule has 0 aliphatic carbocycles. The molecule has 124 valence electrons. The molecule has 0 spiro atoms. The summed E-state index contributed by atoms with van der Waals surface area (Å²) in [5, 5.41) is 2.71. The van der Waals surface area contributed by atoms with Crippen LogP contribution in [-0.4, -0.2) is 32.0 Å². The van der Waals surface area contributed by atoms with Crippen molar-refractivity contribution in [2.24, 2.45) is 0 Å². The number of hydrogen-bond acceptors (Lipinski definition) is 3. The molecule has 1 aliphatic rings. The molecule has 1 N–H and O–H groups in total. The first kappa shape index (κ1) is 16.1. The van der Waals surface area contributed by atoms with Crippen LogP contribution in [0.4, 0.5) is 17.1 Å². The fourth-order valence-electron chi connectivity index (χ4n) is 3.03. The molecule has 0 saturated heterocycles. The molecule has 0 radical (unpaired) electrons. The first-order valence-electron chi connectivity index (χ1n) is 7.97. The Morgan fingerprint density at radius 2 is 1.88 bits per heavy atom. The summed E-state index contributed by atoms with van der Waals surface area (Å²) in [7, 11) is 3.85.